The number of carbonyl (C=O) groups is 1. The Bertz CT molecular complexity index is 489. The Hall–Kier alpha value is -2.02. The van der Waals surface area contributed by atoms with Gasteiger partial charge in [0, 0.05) is 19.9 Å². The van der Waals surface area contributed by atoms with Gasteiger partial charge in [0.1, 0.15) is 5.75 Å². The topological polar surface area (TPSA) is 53.3 Å². The molecule has 1 rings (SSSR count). The number of benzene rings is 1. The van der Waals surface area contributed by atoms with E-state index in [2.05, 4.69) is 0 Å². The third-order valence-corrected chi connectivity index (χ3v) is 2.79. The van der Waals surface area contributed by atoms with Crippen molar-refractivity contribution in [3.63, 3.8) is 0 Å². The van der Waals surface area contributed by atoms with Gasteiger partial charge in [0.2, 0.25) is 5.91 Å². The second-order valence-corrected chi connectivity index (χ2v) is 4.24. The van der Waals surface area contributed by atoms with Crippen LogP contribution in [0, 0.1) is 25.2 Å². The summed E-state index contributed by atoms with van der Waals surface area (Å²) in [6.07, 6.45) is 0.458. The fourth-order valence-electron chi connectivity index (χ4n) is 1.96. The Morgan fingerprint density at radius 2 is 2.11 bits per heavy atom. The van der Waals surface area contributed by atoms with Crippen molar-refractivity contribution >= 4 is 11.6 Å². The van der Waals surface area contributed by atoms with Gasteiger partial charge in [-0.05, 0) is 31.0 Å². The summed E-state index contributed by atoms with van der Waals surface area (Å²) in [6, 6.07) is 5.88. The summed E-state index contributed by atoms with van der Waals surface area (Å²) in [5.74, 6) is 0.599. The molecule has 0 bridgehead atoms. The second kappa shape index (κ2) is 6.06. The van der Waals surface area contributed by atoms with Crippen LogP contribution in [0.1, 0.15) is 24.0 Å². The van der Waals surface area contributed by atoms with Gasteiger partial charge in [-0.25, -0.2) is 0 Å². The van der Waals surface area contributed by atoms with Gasteiger partial charge in [-0.2, -0.15) is 5.26 Å². The number of rotatable bonds is 4. The average molecular weight is 246 g/mol. The van der Waals surface area contributed by atoms with Gasteiger partial charge in [-0.1, -0.05) is 6.07 Å². The lowest BCUT2D eigenvalue weighted by atomic mass is 10.1. The number of amides is 1. The van der Waals surface area contributed by atoms with Crippen LogP contribution in [0.25, 0.3) is 0 Å². The van der Waals surface area contributed by atoms with Crippen LogP contribution in [0.2, 0.25) is 0 Å². The van der Waals surface area contributed by atoms with Crippen LogP contribution in [-0.2, 0) is 4.79 Å². The number of hydrogen-bond acceptors (Lipinski definition) is 3. The molecule has 0 aliphatic heterocycles. The van der Waals surface area contributed by atoms with Crippen LogP contribution in [0.4, 0.5) is 5.69 Å². The van der Waals surface area contributed by atoms with E-state index in [1.807, 2.05) is 32.0 Å². The second-order valence-electron chi connectivity index (χ2n) is 4.24. The summed E-state index contributed by atoms with van der Waals surface area (Å²) in [7, 11) is 3.30. The molecule has 0 saturated heterocycles. The lowest BCUT2D eigenvalue weighted by molar-refractivity contribution is -0.118. The van der Waals surface area contributed by atoms with Crippen molar-refractivity contribution in [1.82, 2.24) is 0 Å². The Morgan fingerprint density at radius 1 is 1.44 bits per heavy atom. The number of nitrogens with zero attached hydrogens (tertiary/aromatic N) is 2. The van der Waals surface area contributed by atoms with Crippen LogP contribution >= 0.6 is 0 Å². The Labute approximate surface area is 108 Å². The first-order chi connectivity index (χ1) is 8.51. The first-order valence-corrected chi connectivity index (χ1v) is 5.80. The minimum absolute atomic E-state index is 0.0817. The van der Waals surface area contributed by atoms with Gasteiger partial charge < -0.3 is 9.64 Å². The molecule has 0 heterocycles. The summed E-state index contributed by atoms with van der Waals surface area (Å²) < 4.78 is 5.32. The molecule has 96 valence electrons. The third-order valence-electron chi connectivity index (χ3n) is 2.79. The lowest BCUT2D eigenvalue weighted by Gasteiger charge is -2.22. The number of nitriles is 1. The van der Waals surface area contributed by atoms with Gasteiger partial charge in [0.25, 0.3) is 0 Å². The highest BCUT2D eigenvalue weighted by atomic mass is 16.5. The van der Waals surface area contributed by atoms with Crippen molar-refractivity contribution < 1.29 is 9.53 Å². The van der Waals surface area contributed by atoms with E-state index in [9.17, 15) is 4.79 Å². The number of ether oxygens (including phenoxy) is 1. The predicted molar refractivity (Wildman–Crippen MR) is 70.7 cm³/mol. The molecular weight excluding hydrogens is 228 g/mol. The van der Waals surface area contributed by atoms with Crippen molar-refractivity contribution in [2.75, 3.05) is 19.1 Å². The molecule has 0 saturated carbocycles. The standard InChI is InChI=1S/C14H18N2O2/c1-10-8-11(2)14(12(9-10)18-4)16(3)13(17)6-5-7-15/h8-9H,5-6H2,1-4H3. The average Bonchev–Trinajstić information content (AvgIpc) is 2.34. The van der Waals surface area contributed by atoms with E-state index >= 15 is 0 Å². The predicted octanol–water partition coefficient (Wildman–Crippen LogP) is 2.58. The molecule has 0 aliphatic carbocycles. The molecule has 4 nitrogen and oxygen atoms in total. The zero-order valence-corrected chi connectivity index (χ0v) is 11.3. The lowest BCUT2D eigenvalue weighted by Crippen LogP contribution is -2.27. The van der Waals surface area contributed by atoms with Gasteiger partial charge in [0.15, 0.2) is 0 Å². The highest BCUT2D eigenvalue weighted by molar-refractivity contribution is 5.95. The summed E-state index contributed by atoms with van der Waals surface area (Å²) in [6.45, 7) is 3.93. The molecule has 1 aromatic rings. The molecule has 1 aromatic carbocycles. The first-order valence-electron chi connectivity index (χ1n) is 5.80. The molecule has 1 amide bonds. The maximum Gasteiger partial charge on any atom is 0.227 e. The van der Waals surface area contributed by atoms with Gasteiger partial charge in [-0.15, -0.1) is 0 Å². The van der Waals surface area contributed by atoms with Gasteiger partial charge >= 0.3 is 0 Å². The normalized spacial score (nSPS) is 9.72. The van der Waals surface area contributed by atoms with Crippen molar-refractivity contribution in [1.29, 1.82) is 5.26 Å². The number of aryl methyl sites for hydroxylation is 2. The minimum atomic E-state index is -0.0817. The van der Waals surface area contributed by atoms with E-state index in [-0.39, 0.29) is 18.7 Å². The fraction of sp³-hybridized carbons (Fsp3) is 0.429. The zero-order chi connectivity index (χ0) is 13.7. The largest absolute Gasteiger partial charge is 0.495 e. The Kier molecular flexibility index (Phi) is 4.73. The van der Waals surface area contributed by atoms with E-state index in [4.69, 9.17) is 10.00 Å². The molecular formula is C14H18N2O2. The van der Waals surface area contributed by atoms with E-state index < -0.39 is 0 Å². The molecule has 0 unspecified atom stereocenters. The first kappa shape index (κ1) is 14.0. The summed E-state index contributed by atoms with van der Waals surface area (Å²) in [4.78, 5) is 13.5. The van der Waals surface area contributed by atoms with E-state index in [0.717, 1.165) is 16.8 Å². The highest BCUT2D eigenvalue weighted by Crippen LogP contribution is 2.32. The molecule has 18 heavy (non-hydrogen) atoms. The van der Waals surface area contributed by atoms with Gasteiger partial charge in [-0.3, -0.25) is 4.79 Å². The molecule has 0 atom stereocenters. The number of hydrogen-bond donors (Lipinski definition) is 0. The fourth-order valence-corrected chi connectivity index (χ4v) is 1.96. The molecule has 0 radical (unpaired) electrons. The van der Waals surface area contributed by atoms with Crippen LogP contribution in [-0.4, -0.2) is 20.1 Å². The van der Waals surface area contributed by atoms with Crippen molar-refractivity contribution in [3.8, 4) is 11.8 Å². The summed E-state index contributed by atoms with van der Waals surface area (Å²) >= 11 is 0. The number of anilines is 1. The Balaban J connectivity index is 3.08. The Morgan fingerprint density at radius 3 is 2.67 bits per heavy atom. The van der Waals surface area contributed by atoms with Crippen LogP contribution in [0.3, 0.4) is 0 Å². The summed E-state index contributed by atoms with van der Waals surface area (Å²) in [5, 5.41) is 8.51. The third kappa shape index (κ3) is 3.01. The molecule has 0 spiro atoms. The molecule has 4 heteroatoms. The summed E-state index contributed by atoms with van der Waals surface area (Å²) in [5.41, 5.74) is 2.84. The quantitative estimate of drug-likeness (QED) is 0.820. The maximum absolute atomic E-state index is 11.9. The minimum Gasteiger partial charge on any atom is -0.495 e. The SMILES string of the molecule is COc1cc(C)cc(C)c1N(C)C(=O)CCC#N. The molecule has 0 aliphatic rings. The van der Waals surface area contributed by atoms with Crippen LogP contribution < -0.4 is 9.64 Å². The smallest absolute Gasteiger partial charge is 0.227 e. The maximum atomic E-state index is 11.9. The van der Waals surface area contributed by atoms with Crippen molar-refractivity contribution in [3.05, 3.63) is 23.3 Å². The number of methoxy groups -OCH3 is 1. The van der Waals surface area contributed by atoms with E-state index in [1.165, 1.54) is 0 Å². The zero-order valence-electron chi connectivity index (χ0n) is 11.3. The van der Waals surface area contributed by atoms with E-state index in [1.54, 1.807) is 19.1 Å². The van der Waals surface area contributed by atoms with Crippen molar-refractivity contribution in [2.45, 2.75) is 26.7 Å². The highest BCUT2D eigenvalue weighted by Gasteiger charge is 2.17. The van der Waals surface area contributed by atoms with Gasteiger partial charge in [0.05, 0.1) is 18.9 Å². The molecule has 0 aromatic heterocycles. The molecule has 0 fully saturated rings. The monoisotopic (exact) mass is 246 g/mol. The van der Waals surface area contributed by atoms with Crippen LogP contribution in [0.15, 0.2) is 12.1 Å². The van der Waals surface area contributed by atoms with Crippen LogP contribution in [0.5, 0.6) is 5.75 Å². The number of carbonyl (C=O) groups excluding carboxylic acids is 1. The van der Waals surface area contributed by atoms with E-state index in [0.29, 0.717) is 5.75 Å². The molecule has 0 N–H and O–H groups in total. The van der Waals surface area contributed by atoms with Crippen molar-refractivity contribution in [2.24, 2.45) is 0 Å².